The molecule has 0 aliphatic carbocycles. The summed E-state index contributed by atoms with van der Waals surface area (Å²) in [6.07, 6.45) is 2.23. The van der Waals surface area contributed by atoms with Crippen molar-refractivity contribution in [2.24, 2.45) is 0 Å². The Morgan fingerprint density at radius 1 is 1.22 bits per heavy atom. The van der Waals surface area contributed by atoms with Gasteiger partial charge in [-0.05, 0) is 37.6 Å². The van der Waals surface area contributed by atoms with Gasteiger partial charge >= 0.3 is 0 Å². The summed E-state index contributed by atoms with van der Waals surface area (Å²) >= 11 is 0. The van der Waals surface area contributed by atoms with E-state index in [2.05, 4.69) is 9.97 Å². The predicted molar refractivity (Wildman–Crippen MR) is 79.2 cm³/mol. The van der Waals surface area contributed by atoms with Gasteiger partial charge < -0.3 is 0 Å². The minimum atomic E-state index is -3.86. The van der Waals surface area contributed by atoms with Crippen molar-refractivity contribution in [2.45, 2.75) is 24.2 Å². The summed E-state index contributed by atoms with van der Waals surface area (Å²) in [6.45, 7) is 2.37. The number of halogens is 2. The molecule has 0 bridgehead atoms. The fourth-order valence-corrected chi connectivity index (χ4v) is 4.12. The van der Waals surface area contributed by atoms with E-state index in [-0.39, 0.29) is 17.4 Å². The Morgan fingerprint density at radius 3 is 2.70 bits per heavy atom. The number of sulfonamides is 1. The van der Waals surface area contributed by atoms with E-state index in [4.69, 9.17) is 0 Å². The standard InChI is InChI=1S/C15H15F2N3O2S/c1-10-4-6-18-15(19-10)11-5-7-20(9-11)23(21,22)12-2-3-13(16)14(17)8-12/h2-4,6,8,11H,5,7,9H2,1H3/t11-/m1/s1. The second-order valence-electron chi connectivity index (χ2n) is 5.48. The molecule has 2 heterocycles. The van der Waals surface area contributed by atoms with Crippen molar-refractivity contribution in [1.82, 2.24) is 14.3 Å². The average molecular weight is 339 g/mol. The zero-order chi connectivity index (χ0) is 16.6. The van der Waals surface area contributed by atoms with Gasteiger partial charge in [-0.2, -0.15) is 4.31 Å². The second-order valence-corrected chi connectivity index (χ2v) is 7.42. The highest BCUT2D eigenvalue weighted by Gasteiger charge is 2.34. The molecule has 0 unspecified atom stereocenters. The van der Waals surface area contributed by atoms with Crippen LogP contribution in [0.3, 0.4) is 0 Å². The first-order chi connectivity index (χ1) is 10.9. The zero-order valence-electron chi connectivity index (χ0n) is 12.4. The van der Waals surface area contributed by atoms with Crippen molar-refractivity contribution in [2.75, 3.05) is 13.1 Å². The lowest BCUT2D eigenvalue weighted by Gasteiger charge is -2.16. The third-order valence-corrected chi connectivity index (χ3v) is 5.72. The fourth-order valence-electron chi connectivity index (χ4n) is 2.61. The summed E-state index contributed by atoms with van der Waals surface area (Å²) in [5, 5.41) is 0. The van der Waals surface area contributed by atoms with Crippen LogP contribution in [0, 0.1) is 18.6 Å². The van der Waals surface area contributed by atoms with Crippen LogP contribution in [0.25, 0.3) is 0 Å². The van der Waals surface area contributed by atoms with E-state index < -0.39 is 21.7 Å². The van der Waals surface area contributed by atoms with Gasteiger partial charge in [-0.1, -0.05) is 0 Å². The highest BCUT2D eigenvalue weighted by Crippen LogP contribution is 2.29. The monoisotopic (exact) mass is 339 g/mol. The van der Waals surface area contributed by atoms with Gasteiger partial charge in [0.2, 0.25) is 10.0 Å². The molecule has 3 rings (SSSR count). The predicted octanol–water partition coefficient (Wildman–Crippen LogP) is 2.24. The molecular formula is C15H15F2N3O2S. The Bertz CT molecular complexity index is 842. The first-order valence-corrected chi connectivity index (χ1v) is 8.56. The van der Waals surface area contributed by atoms with Crippen LogP contribution in [-0.2, 0) is 10.0 Å². The molecule has 1 aliphatic heterocycles. The Labute approximate surface area is 133 Å². The fraction of sp³-hybridized carbons (Fsp3) is 0.333. The van der Waals surface area contributed by atoms with E-state index in [9.17, 15) is 17.2 Å². The Balaban J connectivity index is 1.84. The van der Waals surface area contributed by atoms with Gasteiger partial charge in [-0.25, -0.2) is 27.2 Å². The minimum Gasteiger partial charge on any atom is -0.241 e. The van der Waals surface area contributed by atoms with E-state index in [1.54, 1.807) is 12.3 Å². The zero-order valence-corrected chi connectivity index (χ0v) is 13.2. The Morgan fingerprint density at radius 2 is 2.00 bits per heavy atom. The number of benzene rings is 1. The maximum Gasteiger partial charge on any atom is 0.243 e. The van der Waals surface area contributed by atoms with Crippen molar-refractivity contribution in [3.63, 3.8) is 0 Å². The van der Waals surface area contributed by atoms with Crippen LogP contribution in [-0.4, -0.2) is 35.8 Å². The molecule has 1 saturated heterocycles. The molecule has 1 atom stereocenters. The van der Waals surface area contributed by atoms with Gasteiger partial charge in [0.25, 0.3) is 0 Å². The van der Waals surface area contributed by atoms with Crippen LogP contribution in [0.4, 0.5) is 8.78 Å². The van der Waals surface area contributed by atoms with Crippen LogP contribution in [0.2, 0.25) is 0 Å². The maximum absolute atomic E-state index is 13.3. The lowest BCUT2D eigenvalue weighted by atomic mass is 10.1. The first-order valence-electron chi connectivity index (χ1n) is 7.12. The van der Waals surface area contributed by atoms with Gasteiger partial charge in [0, 0.05) is 30.9 Å². The van der Waals surface area contributed by atoms with Gasteiger partial charge in [-0.15, -0.1) is 0 Å². The lowest BCUT2D eigenvalue weighted by molar-refractivity contribution is 0.467. The third-order valence-electron chi connectivity index (χ3n) is 3.86. The van der Waals surface area contributed by atoms with Gasteiger partial charge in [0.05, 0.1) is 4.90 Å². The Kier molecular flexibility index (Phi) is 4.11. The first kappa shape index (κ1) is 15.9. The molecule has 1 aromatic heterocycles. The number of rotatable bonds is 3. The summed E-state index contributed by atoms with van der Waals surface area (Å²) < 4.78 is 52.6. The summed E-state index contributed by atoms with van der Waals surface area (Å²) in [5.41, 5.74) is 0.817. The summed E-state index contributed by atoms with van der Waals surface area (Å²) in [5.74, 6) is -1.75. The molecule has 0 spiro atoms. The topological polar surface area (TPSA) is 63.2 Å². The van der Waals surface area contributed by atoms with Crippen molar-refractivity contribution in [3.8, 4) is 0 Å². The molecule has 1 fully saturated rings. The summed E-state index contributed by atoms with van der Waals surface area (Å²) in [7, 11) is -3.86. The summed E-state index contributed by atoms with van der Waals surface area (Å²) in [4.78, 5) is 8.27. The summed E-state index contributed by atoms with van der Waals surface area (Å²) in [6, 6.07) is 4.37. The molecule has 0 amide bonds. The normalized spacial score (nSPS) is 19.2. The molecule has 0 saturated carbocycles. The number of hydrogen-bond donors (Lipinski definition) is 0. The van der Waals surface area contributed by atoms with Crippen LogP contribution >= 0.6 is 0 Å². The lowest BCUT2D eigenvalue weighted by Crippen LogP contribution is -2.29. The number of aryl methyl sites for hydroxylation is 1. The minimum absolute atomic E-state index is 0.102. The SMILES string of the molecule is Cc1ccnc([C@@H]2CCN(S(=O)(=O)c3ccc(F)c(F)c3)C2)n1. The van der Waals surface area contributed by atoms with E-state index >= 15 is 0 Å². The number of hydrogen-bond acceptors (Lipinski definition) is 4. The molecule has 0 N–H and O–H groups in total. The molecule has 5 nitrogen and oxygen atoms in total. The second kappa shape index (κ2) is 5.93. The van der Waals surface area contributed by atoms with E-state index in [1.807, 2.05) is 6.92 Å². The molecule has 1 aliphatic rings. The van der Waals surface area contributed by atoms with Crippen LogP contribution in [0.15, 0.2) is 35.4 Å². The quantitative estimate of drug-likeness (QED) is 0.860. The average Bonchev–Trinajstić information content (AvgIpc) is 3.00. The third kappa shape index (κ3) is 3.09. The molecule has 1 aromatic carbocycles. The van der Waals surface area contributed by atoms with Crippen molar-refractivity contribution >= 4 is 10.0 Å². The maximum atomic E-state index is 13.3. The Hall–Kier alpha value is -1.93. The largest absolute Gasteiger partial charge is 0.243 e. The molecule has 0 radical (unpaired) electrons. The van der Waals surface area contributed by atoms with Crippen LogP contribution in [0.5, 0.6) is 0 Å². The van der Waals surface area contributed by atoms with Crippen molar-refractivity contribution in [3.05, 3.63) is 53.6 Å². The molecule has 122 valence electrons. The van der Waals surface area contributed by atoms with Crippen LogP contribution < -0.4 is 0 Å². The van der Waals surface area contributed by atoms with Crippen LogP contribution in [0.1, 0.15) is 23.9 Å². The highest BCUT2D eigenvalue weighted by atomic mass is 32.2. The number of nitrogens with zero attached hydrogens (tertiary/aromatic N) is 3. The van der Waals surface area contributed by atoms with Crippen molar-refractivity contribution < 1.29 is 17.2 Å². The van der Waals surface area contributed by atoms with Crippen molar-refractivity contribution in [1.29, 1.82) is 0 Å². The van der Waals surface area contributed by atoms with Gasteiger partial charge in [-0.3, -0.25) is 0 Å². The smallest absolute Gasteiger partial charge is 0.241 e. The van der Waals surface area contributed by atoms with E-state index in [0.29, 0.717) is 24.9 Å². The van der Waals surface area contributed by atoms with Gasteiger partial charge in [0.1, 0.15) is 5.82 Å². The molecule has 8 heteroatoms. The molecular weight excluding hydrogens is 324 g/mol. The molecule has 2 aromatic rings. The number of aromatic nitrogens is 2. The van der Waals surface area contributed by atoms with E-state index in [0.717, 1.165) is 17.8 Å². The van der Waals surface area contributed by atoms with E-state index in [1.165, 1.54) is 4.31 Å². The van der Waals surface area contributed by atoms with Gasteiger partial charge in [0.15, 0.2) is 11.6 Å². The molecule has 23 heavy (non-hydrogen) atoms. The highest BCUT2D eigenvalue weighted by molar-refractivity contribution is 7.89.